The van der Waals surface area contributed by atoms with Gasteiger partial charge in [-0.05, 0) is 38.3 Å². The number of hydrogen-bond donors (Lipinski definition) is 1. The fraction of sp³-hybridized carbons (Fsp3) is 0.571. The van der Waals surface area contributed by atoms with E-state index < -0.39 is 24.0 Å². The van der Waals surface area contributed by atoms with Crippen LogP contribution in [0.25, 0.3) is 0 Å². The summed E-state index contributed by atoms with van der Waals surface area (Å²) < 4.78 is 38.1. The van der Waals surface area contributed by atoms with Gasteiger partial charge in [-0.15, -0.1) is 0 Å². The van der Waals surface area contributed by atoms with Gasteiger partial charge in [-0.2, -0.15) is 13.2 Å². The molecule has 2 atom stereocenters. The van der Waals surface area contributed by atoms with Crippen LogP contribution in [0.2, 0.25) is 0 Å². The molecule has 1 aliphatic rings. The Morgan fingerprint density at radius 1 is 1.35 bits per heavy atom. The highest BCUT2D eigenvalue weighted by molar-refractivity contribution is 5.92. The topological polar surface area (TPSA) is 42.0 Å². The fourth-order valence-electron chi connectivity index (χ4n) is 2.55. The number of alkyl halides is 3. The zero-order chi connectivity index (χ0) is 14.8. The van der Waals surface area contributed by atoms with Gasteiger partial charge >= 0.3 is 6.18 Å². The van der Waals surface area contributed by atoms with Gasteiger partial charge in [-0.1, -0.05) is 12.5 Å². The Morgan fingerprint density at radius 3 is 2.75 bits per heavy atom. The molecule has 6 heteroatoms. The number of carbonyl (C=O) groups is 1. The number of halogens is 3. The van der Waals surface area contributed by atoms with Crippen LogP contribution in [-0.4, -0.2) is 23.1 Å². The van der Waals surface area contributed by atoms with Crippen molar-refractivity contribution in [1.29, 1.82) is 0 Å². The fourth-order valence-corrected chi connectivity index (χ4v) is 2.55. The number of rotatable bonds is 2. The van der Waals surface area contributed by atoms with Crippen molar-refractivity contribution in [2.45, 2.75) is 44.8 Å². The molecule has 0 bridgehead atoms. The molecule has 1 saturated carbocycles. The smallest absolute Gasteiger partial charge is 0.348 e. The predicted molar refractivity (Wildman–Crippen MR) is 68.2 cm³/mol. The SMILES string of the molecule is Cc1cccc(C(=O)N[C@@H]2CCC[C@@H](C(F)(F)F)C2)n1. The van der Waals surface area contributed by atoms with E-state index >= 15 is 0 Å². The predicted octanol–water partition coefficient (Wildman–Crippen LogP) is 3.24. The molecule has 1 aliphatic carbocycles. The van der Waals surface area contributed by atoms with Gasteiger partial charge in [0.1, 0.15) is 5.69 Å². The maximum absolute atomic E-state index is 12.7. The summed E-state index contributed by atoms with van der Waals surface area (Å²) in [6.45, 7) is 1.76. The van der Waals surface area contributed by atoms with Gasteiger partial charge in [0.2, 0.25) is 0 Å². The van der Waals surface area contributed by atoms with E-state index in [-0.39, 0.29) is 18.5 Å². The number of aromatic nitrogens is 1. The highest BCUT2D eigenvalue weighted by Crippen LogP contribution is 2.37. The van der Waals surface area contributed by atoms with Crippen LogP contribution in [0.1, 0.15) is 41.9 Å². The summed E-state index contributed by atoms with van der Waals surface area (Å²) in [5, 5.41) is 2.66. The van der Waals surface area contributed by atoms with Gasteiger partial charge in [0.15, 0.2) is 0 Å². The van der Waals surface area contributed by atoms with E-state index in [1.165, 1.54) is 0 Å². The summed E-state index contributed by atoms with van der Waals surface area (Å²) >= 11 is 0. The molecule has 1 heterocycles. The number of hydrogen-bond acceptors (Lipinski definition) is 2. The standard InChI is InChI=1S/C14H17F3N2O/c1-9-4-2-7-12(18-9)13(20)19-11-6-3-5-10(8-11)14(15,16)17/h2,4,7,10-11H,3,5-6,8H2,1H3,(H,19,20)/t10-,11-/m1/s1. The van der Waals surface area contributed by atoms with E-state index in [1.807, 2.05) is 0 Å². The molecule has 0 aromatic carbocycles. The monoisotopic (exact) mass is 286 g/mol. The third kappa shape index (κ3) is 3.71. The van der Waals surface area contributed by atoms with Crippen molar-refractivity contribution in [2.75, 3.05) is 0 Å². The largest absolute Gasteiger partial charge is 0.391 e. The number of pyridine rings is 1. The first-order valence-corrected chi connectivity index (χ1v) is 6.67. The highest BCUT2D eigenvalue weighted by Gasteiger charge is 2.42. The zero-order valence-corrected chi connectivity index (χ0v) is 11.2. The van der Waals surface area contributed by atoms with Crippen LogP contribution in [-0.2, 0) is 0 Å². The van der Waals surface area contributed by atoms with Crippen LogP contribution in [0.5, 0.6) is 0 Å². The lowest BCUT2D eigenvalue weighted by atomic mass is 9.85. The van der Waals surface area contributed by atoms with Crippen LogP contribution in [0.4, 0.5) is 13.2 Å². The molecule has 0 radical (unpaired) electrons. The molecule has 3 nitrogen and oxygen atoms in total. The molecule has 1 fully saturated rings. The first kappa shape index (κ1) is 14.8. The Hall–Kier alpha value is -1.59. The maximum atomic E-state index is 12.7. The van der Waals surface area contributed by atoms with E-state index in [9.17, 15) is 18.0 Å². The van der Waals surface area contributed by atoms with E-state index in [4.69, 9.17) is 0 Å². The van der Waals surface area contributed by atoms with Crippen LogP contribution in [0.15, 0.2) is 18.2 Å². The summed E-state index contributed by atoms with van der Waals surface area (Å²) in [5.41, 5.74) is 0.952. The van der Waals surface area contributed by atoms with Crippen LogP contribution >= 0.6 is 0 Å². The Kier molecular flexibility index (Phi) is 4.30. The van der Waals surface area contributed by atoms with E-state index in [0.717, 1.165) is 0 Å². The molecule has 0 aliphatic heterocycles. The second kappa shape index (κ2) is 5.81. The summed E-state index contributed by atoms with van der Waals surface area (Å²) in [7, 11) is 0. The molecular formula is C14H17F3N2O. The van der Waals surface area contributed by atoms with Gasteiger partial charge in [0.05, 0.1) is 5.92 Å². The molecule has 0 saturated heterocycles. The summed E-state index contributed by atoms with van der Waals surface area (Å²) in [6, 6.07) is 4.60. The lowest BCUT2D eigenvalue weighted by Gasteiger charge is -2.30. The van der Waals surface area contributed by atoms with E-state index in [2.05, 4.69) is 10.3 Å². The number of carbonyl (C=O) groups excluding carboxylic acids is 1. The Bertz CT molecular complexity index is 488. The van der Waals surface area contributed by atoms with Crippen LogP contribution < -0.4 is 5.32 Å². The Labute approximate surface area is 115 Å². The molecule has 1 N–H and O–H groups in total. The molecule has 0 unspecified atom stereocenters. The Morgan fingerprint density at radius 2 is 2.10 bits per heavy atom. The second-order valence-electron chi connectivity index (χ2n) is 5.24. The molecule has 110 valence electrons. The number of aryl methyl sites for hydroxylation is 1. The second-order valence-corrected chi connectivity index (χ2v) is 5.24. The summed E-state index contributed by atoms with van der Waals surface area (Å²) in [6.07, 6.45) is -2.99. The Balaban J connectivity index is 1.98. The quantitative estimate of drug-likeness (QED) is 0.907. The molecule has 1 aromatic heterocycles. The van der Waals surface area contributed by atoms with Crippen molar-refractivity contribution in [3.8, 4) is 0 Å². The van der Waals surface area contributed by atoms with Crippen molar-refractivity contribution < 1.29 is 18.0 Å². The van der Waals surface area contributed by atoms with Crippen molar-refractivity contribution >= 4 is 5.91 Å². The number of nitrogens with zero attached hydrogens (tertiary/aromatic N) is 1. The van der Waals surface area contributed by atoms with E-state index in [0.29, 0.717) is 18.5 Å². The first-order valence-electron chi connectivity index (χ1n) is 6.67. The van der Waals surface area contributed by atoms with Gasteiger partial charge in [0.25, 0.3) is 5.91 Å². The zero-order valence-electron chi connectivity index (χ0n) is 11.2. The third-order valence-electron chi connectivity index (χ3n) is 3.59. The molecule has 20 heavy (non-hydrogen) atoms. The normalized spacial score (nSPS) is 23.4. The van der Waals surface area contributed by atoms with Crippen molar-refractivity contribution in [3.63, 3.8) is 0 Å². The molecule has 0 spiro atoms. The number of amides is 1. The van der Waals surface area contributed by atoms with Gasteiger partial charge in [0, 0.05) is 11.7 Å². The van der Waals surface area contributed by atoms with Crippen molar-refractivity contribution in [3.05, 3.63) is 29.6 Å². The first-order chi connectivity index (χ1) is 9.36. The molecule has 1 amide bonds. The van der Waals surface area contributed by atoms with Gasteiger partial charge in [-0.25, -0.2) is 4.98 Å². The number of nitrogens with one attached hydrogen (secondary N) is 1. The van der Waals surface area contributed by atoms with E-state index in [1.54, 1.807) is 25.1 Å². The van der Waals surface area contributed by atoms with Gasteiger partial charge in [-0.3, -0.25) is 4.79 Å². The van der Waals surface area contributed by atoms with Crippen LogP contribution in [0, 0.1) is 12.8 Å². The van der Waals surface area contributed by atoms with Crippen molar-refractivity contribution in [2.24, 2.45) is 5.92 Å². The minimum Gasteiger partial charge on any atom is -0.348 e. The lowest BCUT2D eigenvalue weighted by Crippen LogP contribution is -2.41. The maximum Gasteiger partial charge on any atom is 0.391 e. The molecular weight excluding hydrogens is 269 g/mol. The van der Waals surface area contributed by atoms with Crippen molar-refractivity contribution in [1.82, 2.24) is 10.3 Å². The highest BCUT2D eigenvalue weighted by atomic mass is 19.4. The average Bonchev–Trinajstić information content (AvgIpc) is 2.38. The summed E-state index contributed by atoms with van der Waals surface area (Å²) in [5.74, 6) is -1.71. The average molecular weight is 286 g/mol. The minimum atomic E-state index is -4.18. The molecule has 2 rings (SSSR count). The molecule has 1 aromatic rings. The van der Waals surface area contributed by atoms with Gasteiger partial charge < -0.3 is 5.32 Å². The third-order valence-corrected chi connectivity index (χ3v) is 3.59. The minimum absolute atomic E-state index is 0.0406. The summed E-state index contributed by atoms with van der Waals surface area (Å²) in [4.78, 5) is 16.0. The lowest BCUT2D eigenvalue weighted by molar-refractivity contribution is -0.183. The van der Waals surface area contributed by atoms with Crippen LogP contribution in [0.3, 0.4) is 0 Å².